The van der Waals surface area contributed by atoms with Crippen LogP contribution >= 0.6 is 0 Å². The third-order valence-corrected chi connectivity index (χ3v) is 7.58. The van der Waals surface area contributed by atoms with E-state index in [0.29, 0.717) is 11.4 Å². The maximum absolute atomic E-state index is 8.90. The van der Waals surface area contributed by atoms with E-state index in [-0.39, 0.29) is 51.4 Å². The first-order valence-electron chi connectivity index (χ1n) is 18.0. The van der Waals surface area contributed by atoms with Crippen molar-refractivity contribution in [1.29, 1.82) is 0 Å². The molecule has 0 aliphatic carbocycles. The predicted molar refractivity (Wildman–Crippen MR) is 180 cm³/mol. The molecule has 0 bridgehead atoms. The first-order valence-corrected chi connectivity index (χ1v) is 14.0. The highest BCUT2D eigenvalue weighted by Gasteiger charge is 2.21. The van der Waals surface area contributed by atoms with E-state index in [4.69, 9.17) is 11.0 Å². The van der Waals surface area contributed by atoms with Crippen molar-refractivity contribution in [3.63, 3.8) is 0 Å². The minimum Gasteiger partial charge on any atom is -0.354 e. The predicted octanol–water partition coefficient (Wildman–Crippen LogP) is 11.2. The Bertz CT molecular complexity index is 2330. The van der Waals surface area contributed by atoms with E-state index in [0.717, 1.165) is 27.9 Å². The second kappa shape index (κ2) is 10.4. The van der Waals surface area contributed by atoms with Crippen LogP contribution in [0.4, 0.5) is 11.4 Å². The molecule has 1 heterocycles. The van der Waals surface area contributed by atoms with Crippen molar-refractivity contribution < 1.29 is 11.0 Å². The third-order valence-electron chi connectivity index (χ3n) is 7.58. The van der Waals surface area contributed by atoms with Crippen molar-refractivity contribution in [3.8, 4) is 27.9 Å². The fraction of sp³-hybridized carbons (Fsp3) is 0.100. The highest BCUT2D eigenvalue weighted by Crippen LogP contribution is 2.43. The van der Waals surface area contributed by atoms with Gasteiger partial charge in [-0.25, -0.2) is 0 Å². The molecule has 2 heteroatoms. The first kappa shape index (κ1) is 18.4. The van der Waals surface area contributed by atoms with E-state index in [1.54, 1.807) is 6.07 Å². The van der Waals surface area contributed by atoms with Crippen molar-refractivity contribution in [2.45, 2.75) is 26.2 Å². The van der Waals surface area contributed by atoms with Gasteiger partial charge in [0.2, 0.25) is 0 Å². The monoisotopic (exact) mass is 550 g/mol. The molecule has 0 amide bonds. The summed E-state index contributed by atoms with van der Waals surface area (Å²) >= 11 is 0. The second-order valence-electron chi connectivity index (χ2n) is 11.4. The molecule has 1 aromatic heterocycles. The van der Waals surface area contributed by atoms with Gasteiger partial charge in [0, 0.05) is 33.3 Å². The number of nitrogens with one attached hydrogen (secondary N) is 1. The largest absolute Gasteiger partial charge is 0.354 e. The fourth-order valence-corrected chi connectivity index (χ4v) is 5.45. The lowest BCUT2D eigenvalue weighted by Gasteiger charge is -2.25. The molecule has 0 unspecified atom stereocenters. The van der Waals surface area contributed by atoms with E-state index >= 15 is 0 Å². The van der Waals surface area contributed by atoms with Gasteiger partial charge in [0.05, 0.1) is 27.7 Å². The molecular formula is C40H34N2. The lowest BCUT2D eigenvalue weighted by Crippen LogP contribution is -2.12. The molecular weight excluding hydrogens is 508 g/mol. The summed E-state index contributed by atoms with van der Waals surface area (Å²) in [4.78, 5) is 0. The lowest BCUT2D eigenvalue weighted by atomic mass is 9.82. The zero-order valence-corrected chi connectivity index (χ0v) is 23.7. The van der Waals surface area contributed by atoms with Crippen molar-refractivity contribution in [3.05, 3.63) is 151 Å². The van der Waals surface area contributed by atoms with Crippen molar-refractivity contribution >= 4 is 33.2 Å². The Morgan fingerprint density at radius 3 is 1.64 bits per heavy atom. The van der Waals surface area contributed by atoms with Gasteiger partial charge >= 0.3 is 0 Å². The molecule has 204 valence electrons. The van der Waals surface area contributed by atoms with Gasteiger partial charge in [-0.2, -0.15) is 0 Å². The summed E-state index contributed by atoms with van der Waals surface area (Å²) in [6.45, 7) is 6.58. The number of fused-ring (bicyclic) bond motifs is 3. The minimum atomic E-state index is -0.468. The molecule has 0 saturated carbocycles. The van der Waals surface area contributed by atoms with Gasteiger partial charge in [-0.1, -0.05) is 124 Å². The van der Waals surface area contributed by atoms with Crippen LogP contribution in [0.25, 0.3) is 49.7 Å². The molecule has 0 saturated heterocycles. The molecule has 7 rings (SSSR count). The van der Waals surface area contributed by atoms with Gasteiger partial charge in [0.15, 0.2) is 0 Å². The zero-order chi connectivity index (χ0) is 35.6. The van der Waals surface area contributed by atoms with E-state index in [1.165, 1.54) is 10.1 Å². The van der Waals surface area contributed by atoms with Crippen LogP contribution in [0, 0.1) is 0 Å². The number of benzene rings is 6. The lowest BCUT2D eigenvalue weighted by molar-refractivity contribution is 0.591. The maximum atomic E-state index is 8.90. The summed E-state index contributed by atoms with van der Waals surface area (Å²) in [7, 11) is 0. The molecule has 0 aliphatic rings. The first-order chi connectivity index (χ1) is 23.8. The summed E-state index contributed by atoms with van der Waals surface area (Å²) in [5.74, 6) is 0. The molecule has 0 radical (unpaired) electrons. The highest BCUT2D eigenvalue weighted by molar-refractivity contribution is 6.09. The number of para-hydroxylation sites is 2. The SMILES string of the molecule is [2H]c1c([2H])c([2H])c2c(c1[2H])c1c([2H])c([2H])c([2H])c([2H])c1n2-c1cccc(Nc2c(-c3ccccc3)cc(C(C)(C)C)cc2-c2ccccc2)c1. The Morgan fingerprint density at radius 1 is 0.595 bits per heavy atom. The van der Waals surface area contributed by atoms with Gasteiger partial charge in [-0.3, -0.25) is 0 Å². The number of rotatable bonds is 5. The van der Waals surface area contributed by atoms with Crippen molar-refractivity contribution in [2.24, 2.45) is 0 Å². The Hall–Kier alpha value is -5.08. The standard InChI is InChI=1S/C40H34N2/c1-40(2,3)30-25-35(28-15-6-4-7-16-28)39(36(26-30)29-17-8-5-9-18-29)41-31-19-14-20-32(27-31)42-37-23-12-10-21-33(37)34-22-11-13-24-38(34)42/h4-27,41H,1-3H3/i10D,11D,12D,13D,21D,22D,23D,24D. The van der Waals surface area contributed by atoms with E-state index < -0.39 is 24.2 Å². The minimum absolute atomic E-state index is 0.0480. The third kappa shape index (κ3) is 4.65. The molecule has 1 N–H and O–H groups in total. The van der Waals surface area contributed by atoms with Crippen LogP contribution in [0.2, 0.25) is 0 Å². The molecule has 2 nitrogen and oxygen atoms in total. The Labute approximate surface area is 259 Å². The van der Waals surface area contributed by atoms with Gasteiger partial charge in [-0.05, 0) is 64.5 Å². The molecule has 7 aromatic rings. The quantitative estimate of drug-likeness (QED) is 0.225. The number of anilines is 2. The zero-order valence-electron chi connectivity index (χ0n) is 31.7. The Balaban J connectivity index is 1.52. The summed E-state index contributed by atoms with van der Waals surface area (Å²) in [6, 6.07) is 28.9. The molecule has 42 heavy (non-hydrogen) atoms. The topological polar surface area (TPSA) is 17.0 Å². The normalized spacial score (nSPS) is 14.4. The summed E-state index contributed by atoms with van der Waals surface area (Å²) in [5.41, 5.74) is 7.29. The van der Waals surface area contributed by atoms with Gasteiger partial charge < -0.3 is 9.88 Å². The molecule has 6 aromatic carbocycles. The summed E-state index contributed by atoms with van der Waals surface area (Å²) in [5, 5.41) is 3.79. The summed E-state index contributed by atoms with van der Waals surface area (Å²) < 4.78 is 70.5. The Morgan fingerprint density at radius 2 is 1.12 bits per heavy atom. The number of nitrogens with zero attached hydrogens (tertiary/aromatic N) is 1. The van der Waals surface area contributed by atoms with Crippen LogP contribution in [0.3, 0.4) is 0 Å². The average molecular weight is 551 g/mol. The smallest absolute Gasteiger partial charge is 0.0645 e. The van der Waals surface area contributed by atoms with E-state index in [2.05, 4.69) is 62.5 Å². The highest BCUT2D eigenvalue weighted by atomic mass is 15.0. The van der Waals surface area contributed by atoms with Crippen LogP contribution in [-0.4, -0.2) is 4.57 Å². The molecule has 0 aliphatic heterocycles. The van der Waals surface area contributed by atoms with Crippen LogP contribution < -0.4 is 5.32 Å². The number of hydrogen-bond donors (Lipinski definition) is 1. The van der Waals surface area contributed by atoms with Gasteiger partial charge in [0.1, 0.15) is 0 Å². The fourth-order valence-electron chi connectivity index (χ4n) is 5.45. The average Bonchev–Trinajstić information content (AvgIpc) is 3.48. The second-order valence-corrected chi connectivity index (χ2v) is 11.4. The van der Waals surface area contributed by atoms with Crippen LogP contribution in [0.15, 0.2) is 145 Å². The molecule has 0 fully saturated rings. The van der Waals surface area contributed by atoms with Crippen LogP contribution in [0.5, 0.6) is 0 Å². The van der Waals surface area contributed by atoms with Gasteiger partial charge in [0.25, 0.3) is 0 Å². The van der Waals surface area contributed by atoms with Crippen molar-refractivity contribution in [1.82, 2.24) is 4.57 Å². The van der Waals surface area contributed by atoms with E-state index in [9.17, 15) is 0 Å². The van der Waals surface area contributed by atoms with Crippen molar-refractivity contribution in [2.75, 3.05) is 5.32 Å². The summed E-state index contributed by atoms with van der Waals surface area (Å²) in [6.07, 6.45) is 0. The maximum Gasteiger partial charge on any atom is 0.0645 e. The molecule has 0 atom stereocenters. The van der Waals surface area contributed by atoms with Crippen LogP contribution in [-0.2, 0) is 5.41 Å². The number of hydrogen-bond acceptors (Lipinski definition) is 1. The number of aromatic nitrogens is 1. The van der Waals surface area contributed by atoms with Gasteiger partial charge in [-0.15, -0.1) is 0 Å². The Kier molecular flexibility index (Phi) is 4.55. The van der Waals surface area contributed by atoms with Crippen LogP contribution in [0.1, 0.15) is 37.3 Å². The molecule has 0 spiro atoms. The van der Waals surface area contributed by atoms with E-state index in [1.807, 2.05) is 54.6 Å².